The molecule has 1 N–H and O–H groups in total. The van der Waals surface area contributed by atoms with Gasteiger partial charge in [-0.1, -0.05) is 49.7 Å². The molecule has 0 amide bonds. The number of benzene rings is 1. The van der Waals surface area contributed by atoms with Gasteiger partial charge in [0.2, 0.25) is 0 Å². The van der Waals surface area contributed by atoms with E-state index in [1.54, 1.807) is 7.11 Å². The Labute approximate surface area is 119 Å². The minimum atomic E-state index is 0.173. The highest BCUT2D eigenvalue weighted by molar-refractivity contribution is 9.10. The van der Waals surface area contributed by atoms with Gasteiger partial charge >= 0.3 is 0 Å². The number of hydrogen-bond donors (Lipinski definition) is 1. The zero-order valence-corrected chi connectivity index (χ0v) is 13.6. The van der Waals surface area contributed by atoms with Crippen LogP contribution in [0.15, 0.2) is 22.7 Å². The Bertz CT molecular complexity index is 385. The molecule has 18 heavy (non-hydrogen) atoms. The fourth-order valence-corrected chi connectivity index (χ4v) is 2.63. The summed E-state index contributed by atoms with van der Waals surface area (Å²) in [4.78, 5) is 0. The molecule has 0 radical (unpaired) electrons. The third kappa shape index (κ3) is 3.99. The number of halogens is 1. The summed E-state index contributed by atoms with van der Waals surface area (Å²) < 4.78 is 6.35. The van der Waals surface area contributed by atoms with Gasteiger partial charge in [0.15, 0.2) is 0 Å². The number of rotatable bonds is 5. The van der Waals surface area contributed by atoms with Gasteiger partial charge in [-0.05, 0) is 36.1 Å². The van der Waals surface area contributed by atoms with Crippen molar-refractivity contribution in [2.75, 3.05) is 13.7 Å². The predicted molar refractivity (Wildman–Crippen MR) is 81.2 cm³/mol. The second-order valence-electron chi connectivity index (χ2n) is 5.64. The molecule has 1 aromatic rings. The summed E-state index contributed by atoms with van der Waals surface area (Å²) in [6, 6.07) is 6.52. The molecular weight excluding hydrogens is 290 g/mol. The van der Waals surface area contributed by atoms with Crippen LogP contribution in [0.1, 0.15) is 45.7 Å². The van der Waals surface area contributed by atoms with Gasteiger partial charge in [-0.25, -0.2) is 0 Å². The maximum absolute atomic E-state index is 5.25. The highest BCUT2D eigenvalue weighted by Gasteiger charge is 2.27. The van der Waals surface area contributed by atoms with Crippen LogP contribution in [0.2, 0.25) is 0 Å². The van der Waals surface area contributed by atoms with Crippen LogP contribution >= 0.6 is 15.9 Å². The van der Waals surface area contributed by atoms with Crippen LogP contribution in [0.3, 0.4) is 0 Å². The first kappa shape index (κ1) is 15.5. The summed E-state index contributed by atoms with van der Waals surface area (Å²) in [5, 5.41) is 3.63. The van der Waals surface area contributed by atoms with E-state index in [2.05, 4.69) is 55.0 Å². The molecule has 0 heterocycles. The van der Waals surface area contributed by atoms with Gasteiger partial charge in [-0.15, -0.1) is 0 Å². The SMILES string of the molecule is CCCNC(c1ccc(OC)cc1Br)C(C)(C)C. The first-order valence-electron chi connectivity index (χ1n) is 6.47. The topological polar surface area (TPSA) is 21.3 Å². The van der Waals surface area contributed by atoms with E-state index in [4.69, 9.17) is 4.74 Å². The third-order valence-corrected chi connectivity index (χ3v) is 3.67. The second-order valence-corrected chi connectivity index (χ2v) is 6.49. The minimum Gasteiger partial charge on any atom is -0.497 e. The number of hydrogen-bond acceptors (Lipinski definition) is 2. The van der Waals surface area contributed by atoms with E-state index in [-0.39, 0.29) is 5.41 Å². The van der Waals surface area contributed by atoms with Crippen molar-refractivity contribution in [3.63, 3.8) is 0 Å². The summed E-state index contributed by atoms with van der Waals surface area (Å²) in [6.45, 7) is 10.0. The number of nitrogens with one attached hydrogen (secondary N) is 1. The van der Waals surface area contributed by atoms with E-state index < -0.39 is 0 Å². The molecule has 0 saturated heterocycles. The van der Waals surface area contributed by atoms with Crippen molar-refractivity contribution in [3.8, 4) is 5.75 Å². The molecule has 0 aliphatic heterocycles. The number of methoxy groups -OCH3 is 1. The van der Waals surface area contributed by atoms with E-state index in [0.29, 0.717) is 6.04 Å². The van der Waals surface area contributed by atoms with Gasteiger partial charge in [0.25, 0.3) is 0 Å². The Morgan fingerprint density at radius 2 is 2.00 bits per heavy atom. The molecule has 0 aromatic heterocycles. The molecule has 3 heteroatoms. The monoisotopic (exact) mass is 313 g/mol. The zero-order chi connectivity index (χ0) is 13.8. The van der Waals surface area contributed by atoms with Gasteiger partial charge < -0.3 is 10.1 Å². The zero-order valence-electron chi connectivity index (χ0n) is 12.0. The molecule has 0 aliphatic carbocycles. The Hall–Kier alpha value is -0.540. The van der Waals surface area contributed by atoms with E-state index in [0.717, 1.165) is 23.2 Å². The van der Waals surface area contributed by atoms with Crippen molar-refractivity contribution in [1.82, 2.24) is 5.32 Å². The van der Waals surface area contributed by atoms with Crippen molar-refractivity contribution in [3.05, 3.63) is 28.2 Å². The lowest BCUT2D eigenvalue weighted by atomic mass is 9.82. The van der Waals surface area contributed by atoms with Crippen molar-refractivity contribution in [2.45, 2.75) is 40.2 Å². The van der Waals surface area contributed by atoms with Crippen molar-refractivity contribution < 1.29 is 4.74 Å². The van der Waals surface area contributed by atoms with Crippen LogP contribution < -0.4 is 10.1 Å². The fraction of sp³-hybridized carbons (Fsp3) is 0.600. The van der Waals surface area contributed by atoms with Crippen LogP contribution in [0.25, 0.3) is 0 Å². The van der Waals surface area contributed by atoms with E-state index >= 15 is 0 Å². The fourth-order valence-electron chi connectivity index (χ4n) is 2.04. The highest BCUT2D eigenvalue weighted by atomic mass is 79.9. The number of ether oxygens (including phenoxy) is 1. The molecule has 0 bridgehead atoms. The maximum atomic E-state index is 5.25. The lowest BCUT2D eigenvalue weighted by Crippen LogP contribution is -2.33. The molecule has 1 unspecified atom stereocenters. The molecule has 0 spiro atoms. The molecular formula is C15H24BrNO. The Balaban J connectivity index is 3.05. The third-order valence-electron chi connectivity index (χ3n) is 2.98. The largest absolute Gasteiger partial charge is 0.497 e. The quantitative estimate of drug-likeness (QED) is 0.861. The predicted octanol–water partition coefficient (Wildman–Crippen LogP) is 4.54. The Kier molecular flexibility index (Phi) is 5.67. The van der Waals surface area contributed by atoms with Crippen molar-refractivity contribution in [1.29, 1.82) is 0 Å². The summed E-state index contributed by atoms with van der Waals surface area (Å²) in [5.74, 6) is 0.883. The summed E-state index contributed by atoms with van der Waals surface area (Å²) in [6.07, 6.45) is 1.14. The highest BCUT2D eigenvalue weighted by Crippen LogP contribution is 2.37. The summed E-state index contributed by atoms with van der Waals surface area (Å²) >= 11 is 3.65. The van der Waals surface area contributed by atoms with Crippen molar-refractivity contribution >= 4 is 15.9 Å². The van der Waals surface area contributed by atoms with Crippen LogP contribution in [0.4, 0.5) is 0 Å². The van der Waals surface area contributed by atoms with Crippen LogP contribution in [0.5, 0.6) is 5.75 Å². The Morgan fingerprint density at radius 3 is 2.44 bits per heavy atom. The molecule has 1 aromatic carbocycles. The van der Waals surface area contributed by atoms with Gasteiger partial charge in [-0.2, -0.15) is 0 Å². The molecule has 1 rings (SSSR count). The van der Waals surface area contributed by atoms with E-state index in [1.807, 2.05) is 12.1 Å². The molecule has 0 aliphatic rings. The Morgan fingerprint density at radius 1 is 1.33 bits per heavy atom. The molecule has 102 valence electrons. The lowest BCUT2D eigenvalue weighted by molar-refractivity contribution is 0.272. The first-order valence-corrected chi connectivity index (χ1v) is 7.26. The molecule has 1 atom stereocenters. The molecule has 0 saturated carbocycles. The van der Waals surface area contributed by atoms with Crippen LogP contribution in [-0.2, 0) is 0 Å². The lowest BCUT2D eigenvalue weighted by Gasteiger charge is -2.33. The molecule has 2 nitrogen and oxygen atoms in total. The summed E-state index contributed by atoms with van der Waals surface area (Å²) in [7, 11) is 1.69. The standard InChI is InChI=1S/C15H24BrNO/c1-6-9-17-14(15(2,3)4)12-8-7-11(18-5)10-13(12)16/h7-8,10,14,17H,6,9H2,1-5H3. The van der Waals surface area contributed by atoms with Crippen molar-refractivity contribution in [2.24, 2.45) is 5.41 Å². The smallest absolute Gasteiger partial charge is 0.120 e. The average Bonchev–Trinajstić information content (AvgIpc) is 2.29. The van der Waals surface area contributed by atoms with Gasteiger partial charge in [0.05, 0.1) is 7.11 Å². The van der Waals surface area contributed by atoms with Gasteiger partial charge in [0, 0.05) is 10.5 Å². The van der Waals surface area contributed by atoms with Crippen LogP contribution in [0, 0.1) is 5.41 Å². The minimum absolute atomic E-state index is 0.173. The van der Waals surface area contributed by atoms with E-state index in [1.165, 1.54) is 5.56 Å². The second kappa shape index (κ2) is 6.58. The first-order chi connectivity index (χ1) is 8.40. The summed E-state index contributed by atoms with van der Waals surface area (Å²) in [5.41, 5.74) is 1.46. The maximum Gasteiger partial charge on any atom is 0.120 e. The van der Waals surface area contributed by atoms with Gasteiger partial charge in [-0.3, -0.25) is 0 Å². The normalized spacial score (nSPS) is 13.4. The van der Waals surface area contributed by atoms with E-state index in [9.17, 15) is 0 Å². The molecule has 0 fully saturated rings. The van der Waals surface area contributed by atoms with Crippen LogP contribution in [-0.4, -0.2) is 13.7 Å². The average molecular weight is 314 g/mol. The van der Waals surface area contributed by atoms with Gasteiger partial charge in [0.1, 0.15) is 5.75 Å².